The molecule has 33 nitrogen and oxygen atoms in total. The molecule has 0 aliphatic carbocycles. The lowest BCUT2D eigenvalue weighted by atomic mass is 9.86. The molecule has 536 valence electrons. The summed E-state index contributed by atoms with van der Waals surface area (Å²) in [6.45, 7) is 5.53. The van der Waals surface area contributed by atoms with Gasteiger partial charge >= 0.3 is 5.97 Å². The summed E-state index contributed by atoms with van der Waals surface area (Å²) in [7, 11) is 0. The first-order chi connectivity index (χ1) is 47.1. The SMILES string of the molecule is CC(C)C[C@@H](N)C(=O)N[C@H]1C(=O)N[C@@H](CC(N)=O)C(=O)N[C@H]2C(=O)N[C@H]3C(=O)N[C@@H](C(=O)N[C@H](C(=O)O)c4cc(O)cc(O)c4-c4cc3ccc4O)[C@H](O)c3ccc(c(Cl)c3)Oc3cc2cc(c3OC2OC(CO)C(O)C(O)C2OC2CC(C)(N)C(O)C(C)O2)Oc2ccc(cc2Cl)[C@H]1O. The number of carbonyl (C=O) groups is 8. The summed E-state index contributed by atoms with van der Waals surface area (Å²) in [4.78, 5) is 116. The van der Waals surface area contributed by atoms with Gasteiger partial charge in [0, 0.05) is 34.7 Å². The maximum atomic E-state index is 16.0. The van der Waals surface area contributed by atoms with E-state index >= 15 is 14.4 Å². The third-order valence-corrected chi connectivity index (χ3v) is 18.1. The standard InChI is InChI=1S/C65H73Cl2N9O24/c1-22(2)11-33(68)57(87)75-48-50(82)25-6-9-37(31(66)13-25)96-39-15-27-16-40(54(39)100-64-55(53(85)52(84)41(21-77)98-64)99-43-20-65(4,70)56(86)23(3)95-43)97-38-10-7-26(14-32(38)67)51(83)49-62(92)74-47(63(93)94)30-17-28(78)18-36(80)44(30)29-12-24(5-8-35(29)79)45(59(89)76-49)73-60(90)46(27)72-58(88)34(19-42(69)81)71-61(48)91/h5-10,12-18,22-23,33-34,41,43,45-53,55-56,64,77-80,82-86H,11,19-21,68,70H2,1-4H3,(H2,69,81)(H,71,91)(H,72,88)(H,73,90)(H,74,92)(H,75,87)(H,76,89)(H,93,94)/t23?,33-,34+,41?,43?,45-,46-,47+,48-,49-,50-,51-,52?,53?,55?,56?,64?,65?/m1/s1. The second kappa shape index (κ2) is 29.6. The molecule has 0 saturated carbocycles. The minimum Gasteiger partial charge on any atom is -0.508 e. The van der Waals surface area contributed by atoms with Crippen molar-refractivity contribution >= 4 is 70.5 Å². The van der Waals surface area contributed by atoms with E-state index in [0.717, 1.165) is 66.7 Å². The molecule has 7 aliphatic rings. The fraction of sp³-hybridized carbons (Fsp3) is 0.415. The van der Waals surface area contributed by atoms with Crippen LogP contribution in [0, 0.1) is 5.92 Å². The highest BCUT2D eigenvalue weighted by Gasteiger charge is 2.51. The Bertz CT molecular complexity index is 4060. The summed E-state index contributed by atoms with van der Waals surface area (Å²) in [6.07, 6.45) is -18.8. The van der Waals surface area contributed by atoms with Gasteiger partial charge in [0.25, 0.3) is 0 Å². The van der Waals surface area contributed by atoms with Crippen molar-refractivity contribution in [2.45, 2.75) is 156 Å². The number of carboxylic acid groups (broad SMARTS) is 1. The lowest BCUT2D eigenvalue weighted by molar-refractivity contribution is -0.333. The molecular weight excluding hydrogens is 1360 g/mol. The van der Waals surface area contributed by atoms with Crippen molar-refractivity contribution in [2.24, 2.45) is 23.1 Å². The van der Waals surface area contributed by atoms with Crippen LogP contribution in [0.15, 0.2) is 78.9 Å². The van der Waals surface area contributed by atoms with Crippen molar-refractivity contribution in [3.05, 3.63) is 117 Å². The number of phenols is 3. The van der Waals surface area contributed by atoms with Crippen molar-refractivity contribution in [3.8, 4) is 57.1 Å². The van der Waals surface area contributed by atoms with Crippen molar-refractivity contribution < 1.29 is 118 Å². The van der Waals surface area contributed by atoms with Crippen LogP contribution in [0.2, 0.25) is 10.0 Å². The van der Waals surface area contributed by atoms with E-state index < -0.39 is 237 Å². The number of nitrogens with two attached hydrogens (primary N) is 3. The number of hydrogen-bond acceptors (Lipinski definition) is 25. The number of aliphatic hydroxyl groups excluding tert-OH is 6. The summed E-state index contributed by atoms with van der Waals surface area (Å²) in [5.41, 5.74) is 14.1. The molecular formula is C65H73Cl2N9O24. The van der Waals surface area contributed by atoms with Gasteiger partial charge in [-0.3, -0.25) is 33.6 Å². The number of nitrogens with one attached hydrogen (secondary N) is 6. The van der Waals surface area contributed by atoms with E-state index in [1.807, 2.05) is 0 Å². The Balaban J connectivity index is 1.24. The summed E-state index contributed by atoms with van der Waals surface area (Å²) in [6, 6.07) is -1.18. The van der Waals surface area contributed by atoms with Crippen LogP contribution in [0.4, 0.5) is 0 Å². The molecule has 7 amide bonds. The van der Waals surface area contributed by atoms with E-state index in [1.54, 1.807) is 13.8 Å². The molecule has 2 fully saturated rings. The number of benzene rings is 5. The number of carbonyl (C=O) groups excluding carboxylic acids is 7. The van der Waals surface area contributed by atoms with Crippen molar-refractivity contribution in [1.82, 2.24) is 31.9 Å². The zero-order valence-corrected chi connectivity index (χ0v) is 54.9. The van der Waals surface area contributed by atoms with Gasteiger partial charge in [-0.25, -0.2) is 4.79 Å². The molecule has 35 heteroatoms. The average molecular weight is 1440 g/mol. The molecule has 11 bridgehead atoms. The van der Waals surface area contributed by atoms with E-state index in [9.17, 15) is 75.0 Å². The second-order valence-electron chi connectivity index (χ2n) is 25.5. The maximum absolute atomic E-state index is 16.0. The predicted molar refractivity (Wildman–Crippen MR) is 344 cm³/mol. The maximum Gasteiger partial charge on any atom is 0.330 e. The number of phenolic OH excluding ortho intramolecular Hbond substituents is 3. The van der Waals surface area contributed by atoms with Crippen molar-refractivity contribution in [1.29, 1.82) is 0 Å². The number of rotatable bonds is 12. The second-order valence-corrected chi connectivity index (χ2v) is 26.3. The minimum absolute atomic E-state index is 0.0742. The van der Waals surface area contributed by atoms with E-state index in [1.165, 1.54) is 26.0 Å². The number of aliphatic carboxylic acids is 1. The topological polar surface area (TPSA) is 544 Å². The van der Waals surface area contributed by atoms with Crippen LogP contribution < -0.4 is 63.3 Å². The Morgan fingerprint density at radius 3 is 1.90 bits per heavy atom. The molecule has 0 aromatic heterocycles. The first-order valence-electron chi connectivity index (χ1n) is 31.2. The van der Waals surface area contributed by atoms with Crippen molar-refractivity contribution in [2.75, 3.05) is 6.61 Å². The molecule has 7 aliphatic heterocycles. The number of carboxylic acids is 1. The highest BCUT2D eigenvalue weighted by molar-refractivity contribution is 6.32. The fourth-order valence-electron chi connectivity index (χ4n) is 12.3. The largest absolute Gasteiger partial charge is 0.508 e. The Morgan fingerprint density at radius 2 is 1.31 bits per heavy atom. The number of primary amides is 1. The first-order valence-corrected chi connectivity index (χ1v) is 31.9. The molecule has 2 saturated heterocycles. The molecule has 5 aromatic carbocycles. The molecule has 18 atom stereocenters. The predicted octanol–water partition coefficient (Wildman–Crippen LogP) is -0.154. The quantitative estimate of drug-likeness (QED) is 0.0772. The highest BCUT2D eigenvalue weighted by atomic mass is 35.5. The van der Waals surface area contributed by atoms with Gasteiger partial charge in [-0.05, 0) is 103 Å². The molecule has 9 unspecified atom stereocenters. The zero-order valence-electron chi connectivity index (χ0n) is 53.4. The third-order valence-electron chi connectivity index (χ3n) is 17.5. The summed E-state index contributed by atoms with van der Waals surface area (Å²) in [5, 5.41) is 127. The Morgan fingerprint density at radius 1 is 0.710 bits per heavy atom. The number of aromatic hydroxyl groups is 3. The molecule has 7 heterocycles. The molecule has 0 radical (unpaired) electrons. The van der Waals surface area contributed by atoms with Crippen LogP contribution in [0.5, 0.6) is 46.0 Å². The molecule has 100 heavy (non-hydrogen) atoms. The van der Waals surface area contributed by atoms with Crippen LogP contribution in [0.25, 0.3) is 11.1 Å². The summed E-state index contributed by atoms with van der Waals surface area (Å²) < 4.78 is 38.2. The summed E-state index contributed by atoms with van der Waals surface area (Å²) >= 11 is 14.1. The Hall–Kier alpha value is -9.20. The van der Waals surface area contributed by atoms with E-state index in [2.05, 4.69) is 31.9 Å². The van der Waals surface area contributed by atoms with E-state index in [4.69, 9.17) is 68.8 Å². The van der Waals surface area contributed by atoms with Crippen LogP contribution in [0.1, 0.15) is 105 Å². The molecule has 0 spiro atoms. The van der Waals surface area contributed by atoms with Gasteiger partial charge in [0.15, 0.2) is 29.9 Å². The van der Waals surface area contributed by atoms with Crippen LogP contribution in [-0.2, 0) is 52.6 Å². The van der Waals surface area contributed by atoms with Gasteiger partial charge in [-0.15, -0.1) is 0 Å². The number of fused-ring (bicyclic) bond motifs is 15. The lowest BCUT2D eigenvalue weighted by Crippen LogP contribution is -2.64. The monoisotopic (exact) mass is 1430 g/mol. The first kappa shape index (κ1) is 73.5. The smallest absolute Gasteiger partial charge is 0.330 e. The van der Waals surface area contributed by atoms with E-state index in [-0.39, 0.29) is 46.2 Å². The fourth-order valence-corrected chi connectivity index (χ4v) is 12.7. The van der Waals surface area contributed by atoms with Crippen LogP contribution in [0.3, 0.4) is 0 Å². The van der Waals surface area contributed by atoms with Gasteiger partial charge in [-0.1, -0.05) is 55.2 Å². The molecule has 5 aromatic rings. The van der Waals surface area contributed by atoms with Crippen LogP contribution in [-0.4, -0.2) is 184 Å². The summed E-state index contributed by atoms with van der Waals surface area (Å²) in [5.74, 6) is -16.3. The van der Waals surface area contributed by atoms with Gasteiger partial charge in [0.05, 0.1) is 41.3 Å². The van der Waals surface area contributed by atoms with Gasteiger partial charge < -0.3 is 129 Å². The molecule has 22 N–H and O–H groups in total. The number of aliphatic hydroxyl groups is 6. The number of ether oxygens (including phenoxy) is 6. The minimum atomic E-state index is -2.35. The average Bonchev–Trinajstić information content (AvgIpc) is 0.768. The highest BCUT2D eigenvalue weighted by Crippen LogP contribution is 2.50. The third kappa shape index (κ3) is 15.4. The Kier molecular flexibility index (Phi) is 21.7. The Labute approximate surface area is 577 Å². The number of halogens is 2. The lowest BCUT2D eigenvalue weighted by Gasteiger charge is -2.47. The molecule has 12 rings (SSSR count). The van der Waals surface area contributed by atoms with Crippen molar-refractivity contribution in [3.63, 3.8) is 0 Å². The van der Waals surface area contributed by atoms with Gasteiger partial charge in [0.2, 0.25) is 53.4 Å². The van der Waals surface area contributed by atoms with Crippen LogP contribution >= 0.6 is 23.2 Å². The normalized spacial score (nSPS) is 29.6. The van der Waals surface area contributed by atoms with E-state index in [0.29, 0.717) is 0 Å². The number of hydrogen-bond donors (Lipinski definition) is 19. The zero-order chi connectivity index (χ0) is 72.8. The van der Waals surface area contributed by atoms with Gasteiger partial charge in [-0.2, -0.15) is 0 Å². The number of amides is 7. The van der Waals surface area contributed by atoms with Gasteiger partial charge in [0.1, 0.15) is 89.5 Å².